The van der Waals surface area contributed by atoms with Crippen molar-refractivity contribution in [2.75, 3.05) is 0 Å². The van der Waals surface area contributed by atoms with Gasteiger partial charge in [0.05, 0.1) is 5.52 Å². The average Bonchev–Trinajstić information content (AvgIpc) is 2.93. The number of aromatic amines is 1. The summed E-state index contributed by atoms with van der Waals surface area (Å²) in [5.74, 6) is 1.36. The zero-order chi connectivity index (χ0) is 11.2. The zero-order valence-electron chi connectivity index (χ0n) is 9.09. The molecular weight excluding hydrogens is 214 g/mol. The Morgan fingerprint density at radius 2 is 2.35 bits per heavy atom. The molecule has 1 radical (unpaired) electrons. The first-order chi connectivity index (χ1) is 8.43. The molecule has 17 heavy (non-hydrogen) atoms. The van der Waals surface area contributed by atoms with Gasteiger partial charge in [-0.25, -0.2) is 5.10 Å². The highest BCUT2D eigenvalue weighted by Crippen LogP contribution is 2.44. The molecule has 3 aromatic rings. The Morgan fingerprint density at radius 3 is 3.12 bits per heavy atom. The number of nitrogens with zero attached hydrogens (tertiary/aromatic N) is 4. The van der Waals surface area contributed by atoms with Crippen LogP contribution in [0.2, 0.25) is 0 Å². The number of tetrazole rings is 1. The number of benzene rings is 1. The third kappa shape index (κ3) is 1.28. The van der Waals surface area contributed by atoms with Gasteiger partial charge in [0, 0.05) is 11.6 Å². The van der Waals surface area contributed by atoms with Crippen molar-refractivity contribution in [3.8, 4) is 5.95 Å². The number of rotatable bonds is 2. The molecule has 1 fully saturated rings. The van der Waals surface area contributed by atoms with Crippen molar-refractivity contribution >= 4 is 10.9 Å². The van der Waals surface area contributed by atoms with Gasteiger partial charge < -0.3 is 0 Å². The van der Waals surface area contributed by atoms with Crippen LogP contribution >= 0.6 is 0 Å². The Kier molecular flexibility index (Phi) is 1.66. The summed E-state index contributed by atoms with van der Waals surface area (Å²) in [4.78, 5) is 0. The largest absolute Gasteiger partial charge is 0.284 e. The van der Waals surface area contributed by atoms with E-state index >= 15 is 0 Å². The lowest BCUT2D eigenvalue weighted by Gasteiger charge is -1.97. The van der Waals surface area contributed by atoms with Crippen LogP contribution in [-0.4, -0.2) is 25.2 Å². The summed E-state index contributed by atoms with van der Waals surface area (Å²) in [5, 5.41) is 15.3. The van der Waals surface area contributed by atoms with E-state index in [2.05, 4.69) is 32.9 Å². The summed E-state index contributed by atoms with van der Waals surface area (Å²) < 4.78 is 2.01. The minimum Gasteiger partial charge on any atom is -0.284 e. The molecule has 1 N–H and O–H groups in total. The Morgan fingerprint density at radius 1 is 1.41 bits per heavy atom. The molecule has 1 saturated carbocycles. The van der Waals surface area contributed by atoms with Gasteiger partial charge >= 0.3 is 0 Å². The van der Waals surface area contributed by atoms with E-state index in [1.807, 2.05) is 22.8 Å². The lowest BCUT2D eigenvalue weighted by molar-refractivity contribution is 0.881. The molecular formula is C12H10N5. The van der Waals surface area contributed by atoms with Crippen LogP contribution in [0, 0.1) is 6.07 Å². The van der Waals surface area contributed by atoms with E-state index in [4.69, 9.17) is 0 Å². The van der Waals surface area contributed by atoms with Gasteiger partial charge in [0.15, 0.2) is 0 Å². The number of hydrogen-bond donors (Lipinski definition) is 1. The second-order valence-corrected chi connectivity index (χ2v) is 4.40. The molecule has 0 aliphatic heterocycles. The fourth-order valence-electron chi connectivity index (χ4n) is 2.29. The number of H-pyrrole nitrogens is 1. The Labute approximate surface area is 97.5 Å². The third-order valence-electron chi connectivity index (χ3n) is 3.26. The van der Waals surface area contributed by atoms with Gasteiger partial charge in [-0.2, -0.15) is 0 Å². The van der Waals surface area contributed by atoms with Gasteiger partial charge in [-0.3, -0.25) is 4.57 Å². The topological polar surface area (TPSA) is 59.4 Å². The molecule has 0 bridgehead atoms. The first kappa shape index (κ1) is 8.92. The molecule has 5 heteroatoms. The summed E-state index contributed by atoms with van der Waals surface area (Å²) >= 11 is 0. The highest BCUT2D eigenvalue weighted by Gasteiger charge is 2.27. The maximum absolute atomic E-state index is 3.97. The lowest BCUT2D eigenvalue weighted by atomic mass is 10.1. The molecule has 1 aliphatic rings. The normalized spacial score (nSPS) is 15.5. The molecule has 4 rings (SSSR count). The van der Waals surface area contributed by atoms with E-state index in [1.165, 1.54) is 23.8 Å². The SMILES string of the molecule is [c]1ccc2c(c1)c(C1CC1)cn2-c1nnn[nH]1. The van der Waals surface area contributed by atoms with Crippen LogP contribution < -0.4 is 0 Å². The summed E-state index contributed by atoms with van der Waals surface area (Å²) in [6.45, 7) is 0. The summed E-state index contributed by atoms with van der Waals surface area (Å²) in [5.41, 5.74) is 2.51. The first-order valence-electron chi connectivity index (χ1n) is 5.68. The average molecular weight is 224 g/mol. The fourth-order valence-corrected chi connectivity index (χ4v) is 2.29. The summed E-state index contributed by atoms with van der Waals surface area (Å²) in [7, 11) is 0. The predicted octanol–water partition coefficient (Wildman–Crippen LogP) is 1.82. The monoisotopic (exact) mass is 224 g/mol. The van der Waals surface area contributed by atoms with E-state index in [9.17, 15) is 0 Å². The Bertz CT molecular complexity index is 663. The van der Waals surface area contributed by atoms with Crippen molar-refractivity contribution in [3.63, 3.8) is 0 Å². The van der Waals surface area contributed by atoms with Crippen LogP contribution in [0.4, 0.5) is 0 Å². The lowest BCUT2D eigenvalue weighted by Crippen LogP contribution is -1.94. The van der Waals surface area contributed by atoms with Gasteiger partial charge in [0.2, 0.25) is 0 Å². The smallest absolute Gasteiger partial charge is 0.251 e. The quantitative estimate of drug-likeness (QED) is 0.722. The first-order valence-corrected chi connectivity index (χ1v) is 5.68. The number of hydrogen-bond acceptors (Lipinski definition) is 3. The molecule has 1 aliphatic carbocycles. The van der Waals surface area contributed by atoms with E-state index < -0.39 is 0 Å². The summed E-state index contributed by atoms with van der Waals surface area (Å²) in [6, 6.07) is 9.15. The molecule has 0 amide bonds. The standard InChI is InChI=1S/C12H10N5/c1-2-4-11-9(3-1)10(8-5-6-8)7-17(11)12-13-15-16-14-12/h2-4,7-8H,5-6H2,(H,13,14,15,16). The maximum Gasteiger partial charge on any atom is 0.251 e. The Hall–Kier alpha value is -2.17. The van der Waals surface area contributed by atoms with Crippen LogP contribution in [0.25, 0.3) is 16.9 Å². The van der Waals surface area contributed by atoms with Crippen LogP contribution in [0.1, 0.15) is 24.3 Å². The van der Waals surface area contributed by atoms with Crippen molar-refractivity contribution in [1.29, 1.82) is 0 Å². The van der Waals surface area contributed by atoms with E-state index in [-0.39, 0.29) is 0 Å². The van der Waals surface area contributed by atoms with Gasteiger partial charge in [-0.05, 0) is 52.9 Å². The minimum atomic E-state index is 0.660. The zero-order valence-corrected chi connectivity index (χ0v) is 9.09. The molecule has 0 saturated heterocycles. The highest BCUT2D eigenvalue weighted by molar-refractivity contribution is 5.85. The molecule has 83 valence electrons. The van der Waals surface area contributed by atoms with E-state index in [0.717, 1.165) is 5.52 Å². The minimum absolute atomic E-state index is 0.660. The van der Waals surface area contributed by atoms with Crippen molar-refractivity contribution in [2.24, 2.45) is 0 Å². The van der Waals surface area contributed by atoms with Crippen LogP contribution in [0.15, 0.2) is 24.4 Å². The third-order valence-corrected chi connectivity index (χ3v) is 3.26. The van der Waals surface area contributed by atoms with E-state index in [0.29, 0.717) is 11.9 Å². The Balaban J connectivity index is 2.03. The molecule has 0 spiro atoms. The van der Waals surface area contributed by atoms with Gasteiger partial charge in [-0.1, -0.05) is 11.2 Å². The molecule has 2 heterocycles. The highest BCUT2D eigenvalue weighted by atomic mass is 15.5. The van der Waals surface area contributed by atoms with Crippen molar-refractivity contribution in [1.82, 2.24) is 25.2 Å². The van der Waals surface area contributed by atoms with Crippen molar-refractivity contribution < 1.29 is 0 Å². The number of aromatic nitrogens is 5. The van der Waals surface area contributed by atoms with Gasteiger partial charge in [0.1, 0.15) is 0 Å². The second kappa shape index (κ2) is 3.16. The second-order valence-electron chi connectivity index (χ2n) is 4.40. The molecule has 1 aromatic carbocycles. The molecule has 5 nitrogen and oxygen atoms in total. The van der Waals surface area contributed by atoms with E-state index in [1.54, 1.807) is 0 Å². The van der Waals surface area contributed by atoms with Crippen molar-refractivity contribution in [3.05, 3.63) is 36.0 Å². The van der Waals surface area contributed by atoms with Crippen LogP contribution in [0.3, 0.4) is 0 Å². The summed E-state index contributed by atoms with van der Waals surface area (Å²) in [6.07, 6.45) is 4.70. The molecule has 2 aromatic heterocycles. The fraction of sp³-hybridized carbons (Fsp3) is 0.250. The number of nitrogens with one attached hydrogen (secondary N) is 1. The van der Waals surface area contributed by atoms with Crippen LogP contribution in [0.5, 0.6) is 0 Å². The predicted molar refractivity (Wildman–Crippen MR) is 61.8 cm³/mol. The molecule has 0 atom stereocenters. The number of fused-ring (bicyclic) bond motifs is 1. The van der Waals surface area contributed by atoms with Crippen molar-refractivity contribution in [2.45, 2.75) is 18.8 Å². The van der Waals surface area contributed by atoms with Crippen LogP contribution in [-0.2, 0) is 0 Å². The molecule has 0 unspecified atom stereocenters. The van der Waals surface area contributed by atoms with Gasteiger partial charge in [0.25, 0.3) is 5.95 Å². The van der Waals surface area contributed by atoms with Gasteiger partial charge in [-0.15, -0.1) is 0 Å². The maximum atomic E-state index is 3.97.